The Morgan fingerprint density at radius 3 is 2.85 bits per heavy atom. The van der Waals surface area contributed by atoms with Crippen LogP contribution < -0.4 is 5.56 Å². The van der Waals surface area contributed by atoms with E-state index in [1.807, 2.05) is 38.4 Å². The van der Waals surface area contributed by atoms with Crippen LogP contribution in [0, 0.1) is 0 Å². The summed E-state index contributed by atoms with van der Waals surface area (Å²) >= 11 is 6.19. The molecule has 4 aromatic rings. The summed E-state index contributed by atoms with van der Waals surface area (Å²) in [5.41, 5.74) is 1.96. The van der Waals surface area contributed by atoms with Gasteiger partial charge in [0.1, 0.15) is 6.33 Å². The predicted octanol–water partition coefficient (Wildman–Crippen LogP) is 2.71. The summed E-state index contributed by atoms with van der Waals surface area (Å²) in [7, 11) is 4.04. The molecular formula is C19H19ClN6O. The number of pyridine rings is 1. The second kappa shape index (κ2) is 7.09. The number of hydrogen-bond donors (Lipinski definition) is 0. The van der Waals surface area contributed by atoms with E-state index >= 15 is 0 Å². The van der Waals surface area contributed by atoms with Crippen LogP contribution in [-0.2, 0) is 6.54 Å². The van der Waals surface area contributed by atoms with Crippen LogP contribution in [0.15, 0.2) is 47.7 Å². The zero-order valence-electron chi connectivity index (χ0n) is 15.1. The third kappa shape index (κ3) is 3.31. The number of halogens is 1. The van der Waals surface area contributed by atoms with Gasteiger partial charge in [0.05, 0.1) is 16.6 Å². The first-order valence-electron chi connectivity index (χ1n) is 8.68. The highest BCUT2D eigenvalue weighted by molar-refractivity contribution is 6.30. The van der Waals surface area contributed by atoms with Gasteiger partial charge in [0.25, 0.3) is 11.3 Å². The van der Waals surface area contributed by atoms with Crippen LogP contribution in [0.1, 0.15) is 6.42 Å². The van der Waals surface area contributed by atoms with Crippen LogP contribution in [0.4, 0.5) is 0 Å². The van der Waals surface area contributed by atoms with Crippen molar-refractivity contribution in [2.45, 2.75) is 13.0 Å². The average Bonchev–Trinajstić information content (AvgIpc) is 3.10. The maximum Gasteiger partial charge on any atom is 0.262 e. The Morgan fingerprint density at radius 1 is 1.22 bits per heavy atom. The number of benzene rings is 1. The van der Waals surface area contributed by atoms with Gasteiger partial charge in [0.2, 0.25) is 0 Å². The number of nitrogens with zero attached hydrogens (tertiary/aromatic N) is 6. The van der Waals surface area contributed by atoms with E-state index in [0.717, 1.165) is 18.5 Å². The molecule has 0 unspecified atom stereocenters. The zero-order chi connectivity index (χ0) is 19.0. The second-order valence-corrected chi connectivity index (χ2v) is 7.11. The third-order valence-corrected chi connectivity index (χ3v) is 4.68. The third-order valence-electron chi connectivity index (χ3n) is 4.44. The van der Waals surface area contributed by atoms with Gasteiger partial charge in [-0.25, -0.2) is 4.98 Å². The number of hydrogen-bond acceptors (Lipinski definition) is 5. The van der Waals surface area contributed by atoms with Crippen LogP contribution in [-0.4, -0.2) is 49.7 Å². The van der Waals surface area contributed by atoms with Gasteiger partial charge in [0.15, 0.2) is 0 Å². The van der Waals surface area contributed by atoms with Gasteiger partial charge >= 0.3 is 0 Å². The van der Waals surface area contributed by atoms with Crippen molar-refractivity contribution in [2.75, 3.05) is 20.6 Å². The maximum absolute atomic E-state index is 13.3. The SMILES string of the molecule is CN(C)CCCn1ccc2nc3ncnn3c(-c3cccc(Cl)c3)c2c1=O. The first-order valence-corrected chi connectivity index (χ1v) is 9.06. The van der Waals surface area contributed by atoms with E-state index in [-0.39, 0.29) is 5.56 Å². The molecule has 7 nitrogen and oxygen atoms in total. The lowest BCUT2D eigenvalue weighted by Gasteiger charge is -2.13. The van der Waals surface area contributed by atoms with Gasteiger partial charge in [0, 0.05) is 23.3 Å². The summed E-state index contributed by atoms with van der Waals surface area (Å²) in [6, 6.07) is 9.23. The van der Waals surface area contributed by atoms with Crippen LogP contribution >= 0.6 is 11.6 Å². The summed E-state index contributed by atoms with van der Waals surface area (Å²) < 4.78 is 3.32. The first kappa shape index (κ1) is 17.6. The number of rotatable bonds is 5. The molecule has 0 N–H and O–H groups in total. The van der Waals surface area contributed by atoms with E-state index in [9.17, 15) is 4.79 Å². The Morgan fingerprint density at radius 2 is 2.07 bits per heavy atom. The summed E-state index contributed by atoms with van der Waals surface area (Å²) in [6.07, 6.45) is 4.11. The molecule has 1 aromatic carbocycles. The molecule has 27 heavy (non-hydrogen) atoms. The van der Waals surface area contributed by atoms with Crippen molar-refractivity contribution < 1.29 is 0 Å². The monoisotopic (exact) mass is 382 g/mol. The Bertz CT molecular complexity index is 1180. The lowest BCUT2D eigenvalue weighted by Crippen LogP contribution is -2.23. The molecule has 138 valence electrons. The molecule has 0 fully saturated rings. The molecule has 3 heterocycles. The lowest BCUT2D eigenvalue weighted by molar-refractivity contribution is 0.385. The predicted molar refractivity (Wildman–Crippen MR) is 106 cm³/mol. The highest BCUT2D eigenvalue weighted by atomic mass is 35.5. The summed E-state index contributed by atoms with van der Waals surface area (Å²) in [6.45, 7) is 1.54. The fourth-order valence-corrected chi connectivity index (χ4v) is 3.39. The Balaban J connectivity index is 1.96. The number of fused-ring (bicyclic) bond motifs is 2. The lowest BCUT2D eigenvalue weighted by atomic mass is 10.1. The molecule has 8 heteroatoms. The van der Waals surface area contributed by atoms with Gasteiger partial charge in [-0.3, -0.25) is 4.79 Å². The van der Waals surface area contributed by atoms with E-state index in [4.69, 9.17) is 11.6 Å². The Hall–Kier alpha value is -2.77. The van der Waals surface area contributed by atoms with E-state index in [2.05, 4.69) is 20.0 Å². The minimum absolute atomic E-state index is 0.0915. The molecule has 0 amide bonds. The average molecular weight is 383 g/mol. The molecule has 0 aliphatic heterocycles. The Kier molecular flexibility index (Phi) is 4.63. The molecule has 0 saturated carbocycles. The minimum atomic E-state index is -0.0915. The van der Waals surface area contributed by atoms with E-state index < -0.39 is 0 Å². The highest BCUT2D eigenvalue weighted by Gasteiger charge is 2.17. The molecule has 0 aliphatic carbocycles. The van der Waals surface area contributed by atoms with Crippen molar-refractivity contribution in [1.82, 2.24) is 29.0 Å². The van der Waals surface area contributed by atoms with Crippen LogP contribution in [0.5, 0.6) is 0 Å². The molecule has 3 aromatic heterocycles. The van der Waals surface area contributed by atoms with Gasteiger partial charge in [-0.15, -0.1) is 0 Å². The van der Waals surface area contributed by atoms with Crippen LogP contribution in [0.3, 0.4) is 0 Å². The quantitative estimate of drug-likeness (QED) is 0.531. The molecular weight excluding hydrogens is 364 g/mol. The second-order valence-electron chi connectivity index (χ2n) is 6.67. The summed E-state index contributed by atoms with van der Waals surface area (Å²) in [5.74, 6) is 0.447. The zero-order valence-corrected chi connectivity index (χ0v) is 15.9. The largest absolute Gasteiger partial charge is 0.315 e. The van der Waals surface area contributed by atoms with Gasteiger partial charge in [-0.2, -0.15) is 14.6 Å². The van der Waals surface area contributed by atoms with Crippen molar-refractivity contribution in [3.8, 4) is 11.3 Å². The molecule has 0 radical (unpaired) electrons. The van der Waals surface area contributed by atoms with Crippen molar-refractivity contribution in [3.63, 3.8) is 0 Å². The smallest absolute Gasteiger partial charge is 0.262 e. The van der Waals surface area contributed by atoms with Gasteiger partial charge in [-0.1, -0.05) is 23.7 Å². The molecule has 0 saturated heterocycles. The Labute approximate surface area is 160 Å². The normalized spacial score (nSPS) is 11.7. The van der Waals surface area contributed by atoms with E-state index in [1.165, 1.54) is 6.33 Å². The van der Waals surface area contributed by atoms with Crippen molar-refractivity contribution in [3.05, 3.63) is 58.2 Å². The summed E-state index contributed by atoms with van der Waals surface area (Å²) in [5, 5.41) is 5.38. The van der Waals surface area contributed by atoms with Crippen molar-refractivity contribution >= 4 is 28.3 Å². The number of aromatic nitrogens is 5. The molecule has 0 aliphatic rings. The molecule has 4 rings (SSSR count). The van der Waals surface area contributed by atoms with Crippen LogP contribution in [0.25, 0.3) is 27.9 Å². The highest BCUT2D eigenvalue weighted by Crippen LogP contribution is 2.27. The molecule has 0 atom stereocenters. The molecule has 0 bridgehead atoms. The van der Waals surface area contributed by atoms with Crippen molar-refractivity contribution in [1.29, 1.82) is 0 Å². The standard InChI is InChI=1S/C19H19ClN6O/c1-24(2)8-4-9-25-10-7-15-16(18(25)27)17(13-5-3-6-14(20)11-13)26-19(23-15)21-12-22-26/h3,5-7,10-12H,4,8-9H2,1-2H3. The van der Waals surface area contributed by atoms with E-state index in [1.54, 1.807) is 21.3 Å². The minimum Gasteiger partial charge on any atom is -0.315 e. The van der Waals surface area contributed by atoms with Gasteiger partial charge < -0.3 is 9.47 Å². The fourth-order valence-electron chi connectivity index (χ4n) is 3.20. The van der Waals surface area contributed by atoms with E-state index in [0.29, 0.717) is 33.9 Å². The first-order chi connectivity index (χ1) is 13.0. The molecule has 0 spiro atoms. The van der Waals surface area contributed by atoms with Crippen LogP contribution in [0.2, 0.25) is 5.02 Å². The number of aryl methyl sites for hydroxylation is 1. The van der Waals surface area contributed by atoms with Gasteiger partial charge in [-0.05, 0) is 45.3 Å². The topological polar surface area (TPSA) is 68.3 Å². The maximum atomic E-state index is 13.3. The summed E-state index contributed by atoms with van der Waals surface area (Å²) in [4.78, 5) is 24.0. The van der Waals surface area contributed by atoms with Crippen molar-refractivity contribution in [2.24, 2.45) is 0 Å². The fraction of sp³-hybridized carbons (Fsp3) is 0.263.